The van der Waals surface area contributed by atoms with Gasteiger partial charge in [-0.1, -0.05) is 48.4 Å². The SMILES string of the molecule is Cc1ccc(CNC(=O)CC2=C3CCCCC3N(Cc3ccc(F)cc3)C2=O)cc1. The Balaban J connectivity index is 1.44. The van der Waals surface area contributed by atoms with Gasteiger partial charge in [0, 0.05) is 18.7 Å². The summed E-state index contributed by atoms with van der Waals surface area (Å²) in [5.74, 6) is -0.458. The molecule has 1 N–H and O–H groups in total. The van der Waals surface area contributed by atoms with Crippen LogP contribution in [0.4, 0.5) is 4.39 Å². The number of hydrogen-bond acceptors (Lipinski definition) is 2. The lowest BCUT2D eigenvalue weighted by Crippen LogP contribution is -2.36. The molecule has 0 aromatic heterocycles. The van der Waals surface area contributed by atoms with Crippen molar-refractivity contribution in [3.05, 3.63) is 82.2 Å². The molecule has 30 heavy (non-hydrogen) atoms. The van der Waals surface area contributed by atoms with E-state index >= 15 is 0 Å². The Morgan fingerprint density at radius 1 is 1.07 bits per heavy atom. The van der Waals surface area contributed by atoms with E-state index < -0.39 is 0 Å². The van der Waals surface area contributed by atoms with Crippen molar-refractivity contribution in [1.29, 1.82) is 0 Å². The van der Waals surface area contributed by atoms with E-state index in [2.05, 4.69) is 5.32 Å². The lowest BCUT2D eigenvalue weighted by atomic mass is 9.88. The standard InChI is InChI=1S/C25H27FN2O2/c1-17-6-8-18(9-7-17)15-27-24(29)14-22-21-4-2-3-5-23(21)28(25(22)30)16-19-10-12-20(26)13-11-19/h6-13,23H,2-5,14-16H2,1H3,(H,27,29). The zero-order valence-corrected chi connectivity index (χ0v) is 17.3. The molecule has 1 aliphatic heterocycles. The van der Waals surface area contributed by atoms with Gasteiger partial charge >= 0.3 is 0 Å². The topological polar surface area (TPSA) is 49.4 Å². The summed E-state index contributed by atoms with van der Waals surface area (Å²) < 4.78 is 13.2. The molecule has 2 aromatic carbocycles. The summed E-state index contributed by atoms with van der Waals surface area (Å²) in [6, 6.07) is 14.4. The van der Waals surface area contributed by atoms with E-state index in [0.29, 0.717) is 18.7 Å². The molecule has 2 aliphatic rings. The highest BCUT2D eigenvalue weighted by Crippen LogP contribution is 2.38. The molecule has 1 fully saturated rings. The molecular weight excluding hydrogens is 379 g/mol. The minimum absolute atomic E-state index is 0.0493. The predicted molar refractivity (Wildman–Crippen MR) is 114 cm³/mol. The molecule has 4 rings (SSSR count). The number of nitrogens with one attached hydrogen (secondary N) is 1. The second-order valence-electron chi connectivity index (χ2n) is 8.26. The van der Waals surface area contributed by atoms with Crippen molar-refractivity contribution in [2.24, 2.45) is 0 Å². The molecule has 1 saturated carbocycles. The quantitative estimate of drug-likeness (QED) is 0.772. The first kappa shape index (κ1) is 20.3. The van der Waals surface area contributed by atoms with E-state index in [-0.39, 0.29) is 30.1 Å². The van der Waals surface area contributed by atoms with E-state index in [1.165, 1.54) is 17.7 Å². The van der Waals surface area contributed by atoms with Gasteiger partial charge < -0.3 is 10.2 Å². The van der Waals surface area contributed by atoms with E-state index in [1.807, 2.05) is 36.1 Å². The smallest absolute Gasteiger partial charge is 0.251 e. The first-order chi connectivity index (χ1) is 14.5. The van der Waals surface area contributed by atoms with Crippen LogP contribution in [0.5, 0.6) is 0 Å². The zero-order chi connectivity index (χ0) is 21.1. The number of aryl methyl sites for hydroxylation is 1. The molecule has 5 heteroatoms. The Morgan fingerprint density at radius 2 is 1.77 bits per heavy atom. The number of nitrogens with zero attached hydrogens (tertiary/aromatic N) is 1. The van der Waals surface area contributed by atoms with E-state index in [4.69, 9.17) is 0 Å². The second kappa shape index (κ2) is 8.82. The number of fused-ring (bicyclic) bond motifs is 1. The summed E-state index contributed by atoms with van der Waals surface area (Å²) in [5, 5.41) is 2.95. The van der Waals surface area contributed by atoms with Crippen molar-refractivity contribution < 1.29 is 14.0 Å². The highest BCUT2D eigenvalue weighted by molar-refractivity contribution is 6.02. The summed E-state index contributed by atoms with van der Waals surface area (Å²) in [6.07, 6.45) is 4.05. The lowest BCUT2D eigenvalue weighted by molar-refractivity contribution is -0.129. The van der Waals surface area contributed by atoms with Gasteiger partial charge in [-0.15, -0.1) is 0 Å². The minimum Gasteiger partial charge on any atom is -0.352 e. The number of benzene rings is 2. The number of carbonyl (C=O) groups is 2. The molecule has 1 atom stereocenters. The van der Waals surface area contributed by atoms with Crippen molar-refractivity contribution in [3.8, 4) is 0 Å². The van der Waals surface area contributed by atoms with Crippen LogP contribution in [0.3, 0.4) is 0 Å². The molecule has 0 bridgehead atoms. The second-order valence-corrected chi connectivity index (χ2v) is 8.26. The molecule has 0 saturated heterocycles. The normalized spacial score (nSPS) is 18.5. The third kappa shape index (κ3) is 4.45. The number of carbonyl (C=O) groups excluding carboxylic acids is 2. The molecular formula is C25H27FN2O2. The van der Waals surface area contributed by atoms with Crippen molar-refractivity contribution in [1.82, 2.24) is 10.2 Å². The average Bonchev–Trinajstić information content (AvgIpc) is 3.01. The van der Waals surface area contributed by atoms with Crippen molar-refractivity contribution in [2.75, 3.05) is 0 Å². The van der Waals surface area contributed by atoms with Crippen LogP contribution in [0.2, 0.25) is 0 Å². The molecule has 2 amide bonds. The van der Waals surface area contributed by atoms with Crippen LogP contribution in [0.25, 0.3) is 0 Å². The Morgan fingerprint density at radius 3 is 2.50 bits per heavy atom. The third-order valence-electron chi connectivity index (χ3n) is 6.07. The van der Waals surface area contributed by atoms with Crippen LogP contribution >= 0.6 is 0 Å². The summed E-state index contributed by atoms with van der Waals surface area (Å²) >= 11 is 0. The molecule has 1 heterocycles. The molecule has 1 unspecified atom stereocenters. The van der Waals surface area contributed by atoms with Gasteiger partial charge in [-0.2, -0.15) is 0 Å². The maximum atomic E-state index is 13.2. The van der Waals surface area contributed by atoms with Gasteiger partial charge in [-0.25, -0.2) is 4.39 Å². The average molecular weight is 407 g/mol. The Hall–Kier alpha value is -2.95. The summed E-state index contributed by atoms with van der Waals surface area (Å²) in [7, 11) is 0. The maximum absolute atomic E-state index is 13.2. The van der Waals surface area contributed by atoms with E-state index in [0.717, 1.165) is 42.4 Å². The van der Waals surface area contributed by atoms with Crippen LogP contribution in [-0.2, 0) is 22.7 Å². The molecule has 4 nitrogen and oxygen atoms in total. The summed E-state index contributed by atoms with van der Waals surface area (Å²) in [5.41, 5.74) is 4.90. The number of rotatable bonds is 6. The lowest BCUT2D eigenvalue weighted by Gasteiger charge is -2.30. The Bertz CT molecular complexity index is 964. The highest BCUT2D eigenvalue weighted by Gasteiger charge is 2.40. The van der Waals surface area contributed by atoms with Crippen LogP contribution in [0.1, 0.15) is 48.8 Å². The fraction of sp³-hybridized carbons (Fsp3) is 0.360. The van der Waals surface area contributed by atoms with Gasteiger partial charge in [0.2, 0.25) is 5.91 Å². The molecule has 0 radical (unpaired) electrons. The van der Waals surface area contributed by atoms with E-state index in [9.17, 15) is 14.0 Å². The molecule has 156 valence electrons. The van der Waals surface area contributed by atoms with Crippen molar-refractivity contribution >= 4 is 11.8 Å². The van der Waals surface area contributed by atoms with Gasteiger partial charge in [0.1, 0.15) is 5.82 Å². The predicted octanol–water partition coefficient (Wildman–Crippen LogP) is 4.42. The number of halogens is 1. The fourth-order valence-electron chi connectivity index (χ4n) is 4.43. The van der Waals surface area contributed by atoms with Gasteiger partial charge in [0.05, 0.1) is 12.5 Å². The van der Waals surface area contributed by atoms with Crippen LogP contribution in [-0.4, -0.2) is 22.8 Å². The Labute approximate surface area is 176 Å². The Kier molecular flexibility index (Phi) is 5.98. The van der Waals surface area contributed by atoms with Gasteiger partial charge in [0.15, 0.2) is 0 Å². The summed E-state index contributed by atoms with van der Waals surface area (Å²) in [4.78, 5) is 27.7. The van der Waals surface area contributed by atoms with Gasteiger partial charge in [-0.05, 0) is 55.0 Å². The van der Waals surface area contributed by atoms with Crippen LogP contribution in [0.15, 0.2) is 59.7 Å². The third-order valence-corrected chi connectivity index (χ3v) is 6.07. The van der Waals surface area contributed by atoms with Gasteiger partial charge in [0.25, 0.3) is 5.91 Å². The van der Waals surface area contributed by atoms with Crippen molar-refractivity contribution in [3.63, 3.8) is 0 Å². The van der Waals surface area contributed by atoms with E-state index in [1.54, 1.807) is 12.1 Å². The first-order valence-electron chi connectivity index (χ1n) is 10.6. The fourth-order valence-corrected chi connectivity index (χ4v) is 4.43. The largest absolute Gasteiger partial charge is 0.352 e. The molecule has 1 aliphatic carbocycles. The number of amides is 2. The van der Waals surface area contributed by atoms with Crippen LogP contribution in [0, 0.1) is 12.7 Å². The zero-order valence-electron chi connectivity index (χ0n) is 17.3. The molecule has 2 aromatic rings. The van der Waals surface area contributed by atoms with Crippen LogP contribution < -0.4 is 5.32 Å². The number of hydrogen-bond donors (Lipinski definition) is 1. The highest BCUT2D eigenvalue weighted by atomic mass is 19.1. The monoisotopic (exact) mass is 406 g/mol. The summed E-state index contributed by atoms with van der Waals surface area (Å²) in [6.45, 7) is 2.93. The van der Waals surface area contributed by atoms with Crippen molar-refractivity contribution in [2.45, 2.75) is 58.2 Å². The first-order valence-corrected chi connectivity index (χ1v) is 10.6. The maximum Gasteiger partial charge on any atom is 0.251 e. The minimum atomic E-state index is -0.283. The molecule has 0 spiro atoms. The van der Waals surface area contributed by atoms with Gasteiger partial charge in [-0.3, -0.25) is 9.59 Å².